The summed E-state index contributed by atoms with van der Waals surface area (Å²) in [6.07, 6.45) is 2.42. The lowest BCUT2D eigenvalue weighted by atomic mass is 10.2. The third-order valence-electron chi connectivity index (χ3n) is 5.43. The number of carbonyl (C=O) groups is 1. The highest BCUT2D eigenvalue weighted by molar-refractivity contribution is 5.90. The summed E-state index contributed by atoms with van der Waals surface area (Å²) in [5.41, 5.74) is 0.545. The summed E-state index contributed by atoms with van der Waals surface area (Å²) in [6.45, 7) is 9.33. The van der Waals surface area contributed by atoms with E-state index in [0.29, 0.717) is 48.9 Å². The first-order valence-corrected chi connectivity index (χ1v) is 11.7. The predicted octanol–water partition coefficient (Wildman–Crippen LogP) is 2.33. The Balaban J connectivity index is 1.88. The van der Waals surface area contributed by atoms with Crippen LogP contribution < -0.4 is 16.6 Å². The fraction of sp³-hybridized carbons (Fsp3) is 0.565. The molecule has 2 N–H and O–H groups in total. The van der Waals surface area contributed by atoms with E-state index >= 15 is 0 Å². The van der Waals surface area contributed by atoms with Gasteiger partial charge in [-0.3, -0.25) is 19.1 Å². The lowest BCUT2D eigenvalue weighted by molar-refractivity contribution is -0.116. The maximum atomic E-state index is 12.7. The molecule has 0 radical (unpaired) electrons. The van der Waals surface area contributed by atoms with Gasteiger partial charge in [0.25, 0.3) is 5.56 Å². The molecular weight excluding hydrogens is 436 g/mol. The van der Waals surface area contributed by atoms with Crippen molar-refractivity contribution in [3.05, 3.63) is 38.4 Å². The molecule has 3 heterocycles. The van der Waals surface area contributed by atoms with Crippen LogP contribution in [0.15, 0.2) is 15.7 Å². The summed E-state index contributed by atoms with van der Waals surface area (Å²) in [7, 11) is 0. The number of aryl methyl sites for hydroxylation is 4. The van der Waals surface area contributed by atoms with Crippen molar-refractivity contribution >= 4 is 22.9 Å². The zero-order chi connectivity index (χ0) is 24.8. The number of imidazole rings is 1. The number of rotatable bonds is 11. The number of unbranched alkanes of at least 4 members (excludes halogenated alkanes) is 1. The number of aromatic amines is 1. The van der Waals surface area contributed by atoms with Crippen molar-refractivity contribution in [3.8, 4) is 6.07 Å². The zero-order valence-electron chi connectivity index (χ0n) is 20.2. The lowest BCUT2D eigenvalue weighted by Gasteiger charge is -2.12. The smallest absolute Gasteiger partial charge is 0.322 e. The van der Waals surface area contributed by atoms with Crippen molar-refractivity contribution in [1.29, 1.82) is 5.26 Å². The largest absolute Gasteiger partial charge is 0.330 e. The van der Waals surface area contributed by atoms with Crippen molar-refractivity contribution in [2.75, 3.05) is 5.32 Å². The van der Waals surface area contributed by atoms with Crippen LogP contribution in [-0.2, 0) is 30.8 Å². The molecule has 0 aliphatic rings. The Morgan fingerprint density at radius 1 is 1.26 bits per heavy atom. The number of nitriles is 1. The summed E-state index contributed by atoms with van der Waals surface area (Å²) in [6, 6.07) is 3.83. The van der Waals surface area contributed by atoms with Crippen LogP contribution in [0, 0.1) is 24.2 Å². The highest BCUT2D eigenvalue weighted by Crippen LogP contribution is 2.17. The quantitative estimate of drug-likeness (QED) is 0.442. The summed E-state index contributed by atoms with van der Waals surface area (Å²) < 4.78 is 4.95. The molecule has 3 aromatic rings. The number of anilines is 1. The van der Waals surface area contributed by atoms with E-state index in [0.717, 1.165) is 18.5 Å². The molecule has 0 aliphatic carbocycles. The van der Waals surface area contributed by atoms with Gasteiger partial charge in [0, 0.05) is 32.0 Å². The maximum absolute atomic E-state index is 12.7. The van der Waals surface area contributed by atoms with Gasteiger partial charge in [-0.15, -0.1) is 0 Å². The molecule has 0 atom stereocenters. The van der Waals surface area contributed by atoms with Crippen LogP contribution in [0.25, 0.3) is 11.2 Å². The van der Waals surface area contributed by atoms with E-state index in [1.54, 1.807) is 10.7 Å². The molecule has 0 saturated carbocycles. The van der Waals surface area contributed by atoms with Gasteiger partial charge < -0.3 is 9.88 Å². The number of hydrogen-bond donors (Lipinski definition) is 2. The predicted molar refractivity (Wildman–Crippen MR) is 129 cm³/mol. The van der Waals surface area contributed by atoms with Gasteiger partial charge >= 0.3 is 5.69 Å². The van der Waals surface area contributed by atoms with Crippen molar-refractivity contribution in [1.82, 2.24) is 28.9 Å². The molecule has 0 unspecified atom stereocenters. The van der Waals surface area contributed by atoms with Gasteiger partial charge in [0.05, 0.1) is 24.7 Å². The van der Waals surface area contributed by atoms with Gasteiger partial charge in [0.2, 0.25) is 5.91 Å². The molecule has 0 spiro atoms. The Kier molecular flexibility index (Phi) is 8.04. The van der Waals surface area contributed by atoms with E-state index in [1.807, 2.05) is 32.3 Å². The van der Waals surface area contributed by atoms with Crippen molar-refractivity contribution in [3.63, 3.8) is 0 Å². The van der Waals surface area contributed by atoms with Crippen LogP contribution in [0.1, 0.15) is 58.0 Å². The first-order chi connectivity index (χ1) is 16.2. The second-order valence-corrected chi connectivity index (χ2v) is 8.82. The SMILES string of the molecule is CCCCn1c(=O)[nH]c(=O)c2c1nc(CCC(=O)Nc1cc(C)nn1CCC#N)n2CC(C)C. The Hall–Kier alpha value is -3.68. The molecule has 1 amide bonds. The van der Waals surface area contributed by atoms with Gasteiger partial charge in [-0.25, -0.2) is 14.5 Å². The first-order valence-electron chi connectivity index (χ1n) is 11.7. The van der Waals surface area contributed by atoms with Crippen LogP contribution in [0.3, 0.4) is 0 Å². The molecule has 0 aliphatic heterocycles. The monoisotopic (exact) mass is 468 g/mol. The van der Waals surface area contributed by atoms with Gasteiger partial charge in [-0.05, 0) is 19.3 Å². The van der Waals surface area contributed by atoms with Crippen LogP contribution in [0.2, 0.25) is 0 Å². The molecular formula is C23H32N8O3. The average Bonchev–Trinajstić information content (AvgIpc) is 3.30. The molecule has 0 bridgehead atoms. The fourth-order valence-electron chi connectivity index (χ4n) is 3.90. The van der Waals surface area contributed by atoms with E-state index in [-0.39, 0.29) is 24.7 Å². The highest BCUT2D eigenvalue weighted by atomic mass is 16.2. The average molecular weight is 469 g/mol. The second-order valence-electron chi connectivity index (χ2n) is 8.82. The van der Waals surface area contributed by atoms with Crippen molar-refractivity contribution in [2.24, 2.45) is 5.92 Å². The van der Waals surface area contributed by atoms with E-state index in [4.69, 9.17) is 5.26 Å². The van der Waals surface area contributed by atoms with Gasteiger partial charge in [-0.2, -0.15) is 10.4 Å². The first kappa shape index (κ1) is 25.0. The van der Waals surface area contributed by atoms with Gasteiger partial charge in [0.1, 0.15) is 11.6 Å². The number of H-pyrrole nitrogens is 1. The molecule has 3 rings (SSSR count). The van der Waals surface area contributed by atoms with E-state index < -0.39 is 11.2 Å². The Morgan fingerprint density at radius 2 is 2.03 bits per heavy atom. The number of aromatic nitrogens is 6. The Bertz CT molecular complexity index is 1320. The molecule has 11 nitrogen and oxygen atoms in total. The molecule has 0 aromatic carbocycles. The fourth-order valence-corrected chi connectivity index (χ4v) is 3.90. The third kappa shape index (κ3) is 5.62. The van der Waals surface area contributed by atoms with Crippen molar-refractivity contribution < 1.29 is 4.79 Å². The minimum atomic E-state index is -0.467. The number of fused-ring (bicyclic) bond motifs is 1. The topological polar surface area (TPSA) is 143 Å². The summed E-state index contributed by atoms with van der Waals surface area (Å²) >= 11 is 0. The Labute approximate surface area is 197 Å². The molecule has 34 heavy (non-hydrogen) atoms. The summed E-state index contributed by atoms with van der Waals surface area (Å²) in [5.74, 6) is 1.14. The molecule has 0 saturated heterocycles. The minimum Gasteiger partial charge on any atom is -0.322 e. The van der Waals surface area contributed by atoms with E-state index in [1.165, 1.54) is 4.57 Å². The third-order valence-corrected chi connectivity index (χ3v) is 5.43. The minimum absolute atomic E-state index is 0.140. The van der Waals surface area contributed by atoms with Gasteiger partial charge in [-0.1, -0.05) is 27.2 Å². The van der Waals surface area contributed by atoms with E-state index in [2.05, 4.69) is 26.5 Å². The normalized spacial score (nSPS) is 11.3. The number of nitrogens with zero attached hydrogens (tertiary/aromatic N) is 6. The van der Waals surface area contributed by atoms with Crippen LogP contribution in [-0.4, -0.2) is 34.8 Å². The lowest BCUT2D eigenvalue weighted by Crippen LogP contribution is -2.31. The van der Waals surface area contributed by atoms with E-state index in [9.17, 15) is 14.4 Å². The van der Waals surface area contributed by atoms with Crippen molar-refractivity contribution in [2.45, 2.75) is 79.4 Å². The summed E-state index contributed by atoms with van der Waals surface area (Å²) in [4.78, 5) is 44.9. The molecule has 3 aromatic heterocycles. The maximum Gasteiger partial charge on any atom is 0.330 e. The van der Waals surface area contributed by atoms with Crippen LogP contribution in [0.4, 0.5) is 5.82 Å². The zero-order valence-corrected chi connectivity index (χ0v) is 20.2. The van der Waals surface area contributed by atoms with Crippen LogP contribution in [0.5, 0.6) is 0 Å². The standard InChI is InChI=1S/C23H32N8O3/c1-5-6-11-29-21-20(22(33)27-23(29)34)30(14-15(2)3)17(26-21)8-9-19(32)25-18-13-16(4)28-31(18)12-7-10-24/h13,15H,5-9,11-12,14H2,1-4H3,(H,25,32)(H,27,33,34). The van der Waals surface area contributed by atoms with Gasteiger partial charge in [0.15, 0.2) is 11.2 Å². The number of carbonyl (C=O) groups excluding carboxylic acids is 1. The van der Waals surface area contributed by atoms with Crippen LogP contribution >= 0.6 is 0 Å². The number of nitrogens with one attached hydrogen (secondary N) is 2. The molecule has 182 valence electrons. The second kappa shape index (κ2) is 11.0. The summed E-state index contributed by atoms with van der Waals surface area (Å²) in [5, 5.41) is 16.0. The molecule has 11 heteroatoms. The highest BCUT2D eigenvalue weighted by Gasteiger charge is 2.20. The number of hydrogen-bond acceptors (Lipinski definition) is 6. The molecule has 0 fully saturated rings. The number of amides is 1. The Morgan fingerprint density at radius 3 is 2.71 bits per heavy atom.